The second-order valence-electron chi connectivity index (χ2n) is 33.4. The molecule has 8 nitrogen and oxygen atoms in total. The second-order valence-corrected chi connectivity index (χ2v) is 33.4. The highest BCUT2D eigenvalue weighted by molar-refractivity contribution is 6.26. The first-order chi connectivity index (χ1) is 64.6. The fourth-order valence-electron chi connectivity index (χ4n) is 15.6. The van der Waals surface area contributed by atoms with Gasteiger partial charge in [0.25, 0.3) is 0 Å². The van der Waals surface area contributed by atoms with Crippen LogP contribution in [-0.2, 0) is 0 Å². The van der Waals surface area contributed by atoms with E-state index in [1.165, 1.54) is 240 Å². The van der Waals surface area contributed by atoms with Crippen molar-refractivity contribution in [3.05, 3.63) is 328 Å². The first-order valence-corrected chi connectivity index (χ1v) is 49.6. The van der Waals surface area contributed by atoms with Gasteiger partial charge < -0.3 is 17.6 Å². The predicted molar refractivity (Wildman–Crippen MR) is 595 cm³/mol. The van der Waals surface area contributed by atoms with Crippen LogP contribution in [0.15, 0.2) is 328 Å². The Labute approximate surface area is 788 Å². The summed E-state index contributed by atoms with van der Waals surface area (Å²) in [7, 11) is 0. The molecule has 0 aliphatic heterocycles. The predicted octanol–water partition coefficient (Wildman–Crippen LogP) is 39.6. The van der Waals surface area contributed by atoms with Crippen molar-refractivity contribution in [2.45, 2.75) is 243 Å². The summed E-state index contributed by atoms with van der Waals surface area (Å²) in [6.07, 6.45) is 22.5. The lowest BCUT2D eigenvalue weighted by Gasteiger charge is -2.12. The van der Waals surface area contributed by atoms with Crippen LogP contribution in [0.1, 0.15) is 243 Å². The third-order valence-corrected chi connectivity index (χ3v) is 19.7. The fraction of sp³-hybridized carbons (Fsp3) is 0.290. The summed E-state index contributed by atoms with van der Waals surface area (Å²) in [6.45, 7) is 51.0. The lowest BCUT2D eigenvalue weighted by Crippen LogP contribution is -1.92. The number of rotatable bonds is 0. The van der Waals surface area contributed by atoms with E-state index in [4.69, 9.17) is 4.98 Å². The summed E-state index contributed by atoms with van der Waals surface area (Å²) < 4.78 is 9.49. The molecule has 0 radical (unpaired) electrons. The van der Waals surface area contributed by atoms with E-state index < -0.39 is 0 Å². The Morgan fingerprint density at radius 1 is 0.152 bits per heavy atom. The van der Waals surface area contributed by atoms with Crippen LogP contribution < -0.4 is 0 Å². The zero-order chi connectivity index (χ0) is 95.4. The van der Waals surface area contributed by atoms with E-state index in [-0.39, 0.29) is 0 Å². The van der Waals surface area contributed by atoms with Crippen molar-refractivity contribution in [1.82, 2.24) is 37.5 Å². The van der Waals surface area contributed by atoms with Gasteiger partial charge in [-0.15, -0.1) is 0 Å². The summed E-state index contributed by atoms with van der Waals surface area (Å²) in [6, 6.07) is 108. The van der Waals surface area contributed by atoms with Gasteiger partial charge in [0.05, 0.1) is 88.3 Å². The van der Waals surface area contributed by atoms with Crippen LogP contribution in [0.3, 0.4) is 0 Å². The number of fused-ring (bicyclic) bond motifs is 37. The summed E-state index contributed by atoms with van der Waals surface area (Å²) in [5, 5.41) is 22.4. The number of benzene rings is 11. The molecule has 0 fully saturated rings. The molecule has 0 amide bonds. The second kappa shape index (κ2) is 55.2. The highest BCUT2D eigenvalue weighted by Crippen LogP contribution is 2.42. The molecule has 132 heavy (non-hydrogen) atoms. The quantitative estimate of drug-likeness (QED) is 0.112. The Bertz CT molecular complexity index is 7250. The third-order valence-electron chi connectivity index (χ3n) is 19.7. The van der Waals surface area contributed by atoms with Gasteiger partial charge in [-0.25, -0.2) is 0 Å². The molecular weight excluding hydrogens is 1600 g/mol. The van der Waals surface area contributed by atoms with Gasteiger partial charge in [0.2, 0.25) is 0 Å². The Balaban J connectivity index is 0.000000193. The zero-order valence-corrected chi connectivity index (χ0v) is 84.2. The monoisotopic (exact) mass is 1750 g/mol. The first-order valence-electron chi connectivity index (χ1n) is 49.6. The van der Waals surface area contributed by atoms with Gasteiger partial charge in [0, 0.05) is 111 Å². The molecule has 686 valence electrons. The molecule has 0 spiro atoms. The van der Waals surface area contributed by atoms with E-state index >= 15 is 0 Å². The molecule has 0 atom stereocenters. The first kappa shape index (κ1) is 104. The maximum atomic E-state index is 4.71. The smallest absolute Gasteiger partial charge is 0.0816 e. The number of aromatic nitrogens is 8. The minimum atomic E-state index is 1.04. The zero-order valence-electron chi connectivity index (χ0n) is 84.2. The Morgan fingerprint density at radius 3 is 0.856 bits per heavy atom. The molecule has 11 aromatic carbocycles. The molecule has 8 heteroatoms. The van der Waals surface area contributed by atoms with Crippen LogP contribution in [0.2, 0.25) is 0 Å². The topological polar surface area (TPSA) is 69.2 Å². The van der Waals surface area contributed by atoms with E-state index in [1.807, 2.05) is 49.1 Å². The van der Waals surface area contributed by atoms with Crippen molar-refractivity contribution in [2.75, 3.05) is 0 Å². The summed E-state index contributed by atoms with van der Waals surface area (Å²) in [5.41, 5.74) is 19.1. The normalized spacial score (nSPS) is 10.3. The average Bonchev–Trinajstić information content (AvgIpc) is 1.53. The molecule has 0 bridgehead atoms. The molecule has 12 aromatic heterocycles. The summed E-state index contributed by atoms with van der Waals surface area (Å²) >= 11 is 0. The van der Waals surface area contributed by atoms with Crippen LogP contribution >= 0.6 is 0 Å². The lowest BCUT2D eigenvalue weighted by molar-refractivity contribution is 1.09. The van der Waals surface area contributed by atoms with E-state index in [0.29, 0.717) is 0 Å². The van der Waals surface area contributed by atoms with Crippen LogP contribution in [-0.4, -0.2) is 37.5 Å². The van der Waals surface area contributed by atoms with Gasteiger partial charge in [-0.1, -0.05) is 425 Å². The van der Waals surface area contributed by atoms with Crippen LogP contribution in [0.5, 0.6) is 0 Å². The SMILES string of the molecule is CCC.CCC.CCC.CCC.CCC.CCC.CCC.CCC.CCC.CCC.CCC.CCC.c1ccc2c(c1)cc1c3c4cccnc4ccc3c3ccccc3n21.c1ccc2c(c1)cc1c3cccnc3c3ccccc3n21.c1cnc2c(c1)ccc1c2c2ccccc2n2c3ccccc3cc12.c1cnc2cc3c4ccccc4n4c5ccccc5cc4c3cc2c1. The van der Waals surface area contributed by atoms with Crippen molar-refractivity contribution in [3.8, 4) is 0 Å². The standard InChI is InChI=1S/3C23H14N2.C19H12N2.12C3H8/c1-3-9-19-16(6-1)14-21-18-12-11-15-7-5-13-24-23(15)22(18)17-8-2-4-10-20(17)25(19)21;1-3-9-21-16(6-1)13-23-19-12-15-7-5-11-24-20(15)14-18(19)17-8-2-4-10-22(17)25(21)23;1-3-9-20-15(6-1)14-22-23-17(11-12-19-18(23)8-5-13-24-19)16-7-2-4-10-21(16)25(20)22;1-3-9-16-13(6-1)12-18-15-8-5-11-20-19(15)14-7-2-4-10-17(14)21(16)18;12*1-3-2/h3*1-14H;1-12H;12*3H2,1-2H3. The molecule has 23 aromatic rings. The molecular formula is C124H150N8. The third kappa shape index (κ3) is 24.6. The number of pyridine rings is 8. The molecule has 23 rings (SSSR count). The molecule has 0 aliphatic carbocycles. The number of hydrogen-bond acceptors (Lipinski definition) is 4. The van der Waals surface area contributed by atoms with E-state index in [0.717, 1.165) is 22.1 Å². The van der Waals surface area contributed by atoms with Crippen LogP contribution in [0, 0.1) is 0 Å². The van der Waals surface area contributed by atoms with Crippen molar-refractivity contribution in [1.29, 1.82) is 0 Å². The van der Waals surface area contributed by atoms with Gasteiger partial charge in [-0.3, -0.25) is 19.9 Å². The van der Waals surface area contributed by atoms with Crippen molar-refractivity contribution >= 4 is 185 Å². The molecule has 0 saturated carbocycles. The largest absolute Gasteiger partial charge is 0.309 e. The van der Waals surface area contributed by atoms with Gasteiger partial charge in [-0.2, -0.15) is 0 Å². The van der Waals surface area contributed by atoms with E-state index in [2.05, 4.69) is 478 Å². The van der Waals surface area contributed by atoms with Gasteiger partial charge in [0.15, 0.2) is 0 Å². The maximum Gasteiger partial charge on any atom is 0.0816 e. The molecule has 12 heterocycles. The fourth-order valence-corrected chi connectivity index (χ4v) is 15.6. The van der Waals surface area contributed by atoms with Gasteiger partial charge in [0.1, 0.15) is 0 Å². The Hall–Kier alpha value is -13.0. The van der Waals surface area contributed by atoms with Gasteiger partial charge >= 0.3 is 0 Å². The Kier molecular flexibility index (Phi) is 43.6. The number of para-hydroxylation sites is 8. The van der Waals surface area contributed by atoms with Crippen LogP contribution in [0.4, 0.5) is 0 Å². The molecule has 0 aliphatic rings. The average molecular weight is 1750 g/mol. The Morgan fingerprint density at radius 2 is 0.417 bits per heavy atom. The summed E-state index contributed by atoms with van der Waals surface area (Å²) in [4.78, 5) is 18.4. The minimum Gasteiger partial charge on any atom is -0.309 e. The van der Waals surface area contributed by atoms with Gasteiger partial charge in [-0.05, 0) is 132 Å². The number of hydrogen-bond donors (Lipinski definition) is 0. The van der Waals surface area contributed by atoms with Crippen molar-refractivity contribution < 1.29 is 0 Å². The maximum absolute atomic E-state index is 4.71. The highest BCUT2D eigenvalue weighted by Gasteiger charge is 2.19. The summed E-state index contributed by atoms with van der Waals surface area (Å²) in [5.74, 6) is 0. The van der Waals surface area contributed by atoms with E-state index in [9.17, 15) is 0 Å². The lowest BCUT2D eigenvalue weighted by atomic mass is 10.0. The van der Waals surface area contributed by atoms with E-state index in [1.54, 1.807) is 0 Å². The minimum absolute atomic E-state index is 1.04. The van der Waals surface area contributed by atoms with Crippen LogP contribution in [0.25, 0.3) is 185 Å². The molecule has 0 saturated heterocycles. The van der Waals surface area contributed by atoms with Crippen molar-refractivity contribution in [2.24, 2.45) is 0 Å². The number of nitrogens with zero attached hydrogens (tertiary/aromatic N) is 8. The highest BCUT2D eigenvalue weighted by atomic mass is 14.9. The molecule has 0 unspecified atom stereocenters. The molecule has 0 N–H and O–H groups in total. The van der Waals surface area contributed by atoms with Crippen molar-refractivity contribution in [3.63, 3.8) is 0 Å².